The molecule has 0 radical (unpaired) electrons. The molecule has 276 valence electrons. The Balaban J connectivity index is 1.24. The number of phenolic OH excluding ortho intramolecular Hbond substituents is 1. The SMILES string of the molecule is C[C@H]1[C@@H](NC(=O)[C@@H]2[C@H]([C@H](C)O)[C@H](CO)ON2Cc2cccc(CN(Cc3cccc(O)c3)[C@H](CN(C)C)c3ccccc3)c2)C[C@@H]2C[C@@H]1C2(C)C. The molecule has 9 nitrogen and oxygen atoms in total. The van der Waals surface area contributed by atoms with Crippen LogP contribution in [-0.4, -0.2) is 87.6 Å². The van der Waals surface area contributed by atoms with Crippen LogP contribution >= 0.6 is 0 Å². The van der Waals surface area contributed by atoms with E-state index in [9.17, 15) is 20.1 Å². The normalized spacial score (nSPS) is 28.4. The van der Waals surface area contributed by atoms with E-state index < -0.39 is 24.2 Å². The van der Waals surface area contributed by atoms with Gasteiger partial charge in [0.1, 0.15) is 17.9 Å². The van der Waals surface area contributed by atoms with E-state index in [1.807, 2.05) is 36.4 Å². The van der Waals surface area contributed by atoms with Gasteiger partial charge in [0, 0.05) is 37.6 Å². The third-order valence-electron chi connectivity index (χ3n) is 12.2. The molecule has 4 aliphatic rings. The number of benzene rings is 3. The standard InChI is InChI=1S/C42H58N4O5/c1-27-35-20-33(42(35,3)4)21-36(27)43-41(50)40-39(28(2)48)38(26-47)51-46(40)24-30-13-10-12-29(18-30)22-45(23-31-14-11-17-34(49)19-31)37(25-44(5)6)32-15-8-7-9-16-32/h7-19,27-28,33,35-40,47-49H,20-26H2,1-6H3,(H,43,50)/t27-,28+,33+,35+,36+,37-,38+,39-,40+/m1/s1. The lowest BCUT2D eigenvalue weighted by Crippen LogP contribution is -2.62. The molecule has 0 unspecified atom stereocenters. The van der Waals surface area contributed by atoms with Crippen LogP contribution in [0.3, 0.4) is 0 Å². The second-order valence-corrected chi connectivity index (χ2v) is 16.3. The van der Waals surface area contributed by atoms with Gasteiger partial charge in [0.05, 0.1) is 19.3 Å². The quantitative estimate of drug-likeness (QED) is 0.178. The second-order valence-electron chi connectivity index (χ2n) is 16.3. The molecule has 3 aromatic carbocycles. The first-order valence-corrected chi connectivity index (χ1v) is 18.7. The molecule has 0 spiro atoms. The fourth-order valence-corrected chi connectivity index (χ4v) is 9.34. The highest BCUT2D eigenvalue weighted by molar-refractivity contribution is 5.82. The van der Waals surface area contributed by atoms with Crippen LogP contribution in [0, 0.1) is 29.1 Å². The number of carbonyl (C=O) groups is 1. The number of aliphatic hydroxyl groups is 2. The summed E-state index contributed by atoms with van der Waals surface area (Å²) < 4.78 is 0. The van der Waals surface area contributed by atoms with Gasteiger partial charge in [-0.1, -0.05) is 87.5 Å². The minimum Gasteiger partial charge on any atom is -0.508 e. The fourth-order valence-electron chi connectivity index (χ4n) is 9.34. The Morgan fingerprint density at radius 1 is 0.980 bits per heavy atom. The highest BCUT2D eigenvalue weighted by Gasteiger charge is 2.57. The number of phenols is 1. The summed E-state index contributed by atoms with van der Waals surface area (Å²) in [5.41, 5.74) is 4.64. The van der Waals surface area contributed by atoms with Gasteiger partial charge in [-0.2, -0.15) is 5.06 Å². The average Bonchev–Trinajstić information content (AvgIpc) is 3.46. The first-order valence-electron chi connectivity index (χ1n) is 18.7. The summed E-state index contributed by atoms with van der Waals surface area (Å²) in [7, 11) is 4.18. The van der Waals surface area contributed by atoms with Gasteiger partial charge >= 0.3 is 0 Å². The minimum absolute atomic E-state index is 0.0816. The lowest BCUT2D eigenvalue weighted by atomic mass is 9.45. The minimum atomic E-state index is -0.844. The number of aromatic hydroxyl groups is 1. The molecule has 3 saturated carbocycles. The van der Waals surface area contributed by atoms with Gasteiger partial charge in [0.2, 0.25) is 5.91 Å². The zero-order chi connectivity index (χ0) is 36.4. The molecule has 1 aliphatic heterocycles. The number of hydroxylamine groups is 2. The number of likely N-dealkylation sites (N-methyl/N-ethyl adjacent to an activating group) is 1. The van der Waals surface area contributed by atoms with Crippen LogP contribution in [0.25, 0.3) is 0 Å². The summed E-state index contributed by atoms with van der Waals surface area (Å²) >= 11 is 0. The van der Waals surface area contributed by atoms with Crippen LogP contribution < -0.4 is 5.32 Å². The molecule has 4 N–H and O–H groups in total. The number of amides is 1. The maximum Gasteiger partial charge on any atom is 0.240 e. The van der Waals surface area contributed by atoms with E-state index in [-0.39, 0.29) is 30.3 Å². The van der Waals surface area contributed by atoms with E-state index in [1.54, 1.807) is 18.1 Å². The topological polar surface area (TPSA) is 109 Å². The Kier molecular flexibility index (Phi) is 11.6. The maximum absolute atomic E-state index is 14.2. The molecular weight excluding hydrogens is 640 g/mol. The molecule has 7 rings (SSSR count). The monoisotopic (exact) mass is 698 g/mol. The van der Waals surface area contributed by atoms with Crippen molar-refractivity contribution in [1.29, 1.82) is 0 Å². The maximum atomic E-state index is 14.2. The van der Waals surface area contributed by atoms with Crippen molar-refractivity contribution in [3.05, 3.63) is 101 Å². The Bertz CT molecular complexity index is 1620. The van der Waals surface area contributed by atoms with E-state index in [2.05, 4.69) is 86.4 Å². The third-order valence-corrected chi connectivity index (χ3v) is 12.2. The molecule has 1 heterocycles. The summed E-state index contributed by atoms with van der Waals surface area (Å²) in [4.78, 5) is 25.1. The van der Waals surface area contributed by atoms with Gasteiger partial charge in [-0.25, -0.2) is 0 Å². The van der Waals surface area contributed by atoms with E-state index >= 15 is 0 Å². The van der Waals surface area contributed by atoms with Gasteiger partial charge in [0.25, 0.3) is 0 Å². The number of fused-ring (bicyclic) bond motifs is 2. The molecule has 0 aromatic heterocycles. The predicted octanol–water partition coefficient (Wildman–Crippen LogP) is 5.36. The highest BCUT2D eigenvalue weighted by Crippen LogP contribution is 2.61. The summed E-state index contributed by atoms with van der Waals surface area (Å²) in [5, 5.41) is 36.5. The Morgan fingerprint density at radius 3 is 2.25 bits per heavy atom. The van der Waals surface area contributed by atoms with E-state index in [0.29, 0.717) is 42.8 Å². The van der Waals surface area contributed by atoms with Gasteiger partial charge in [0.15, 0.2) is 0 Å². The van der Waals surface area contributed by atoms with E-state index in [4.69, 9.17) is 4.84 Å². The van der Waals surface area contributed by atoms with Gasteiger partial charge in [-0.05, 0) is 91.4 Å². The average molecular weight is 699 g/mol. The van der Waals surface area contributed by atoms with Crippen molar-refractivity contribution >= 4 is 5.91 Å². The summed E-state index contributed by atoms with van der Waals surface area (Å²) in [6.45, 7) is 10.8. The number of aliphatic hydroxyl groups excluding tert-OH is 2. The van der Waals surface area contributed by atoms with Crippen molar-refractivity contribution < 1.29 is 25.0 Å². The van der Waals surface area contributed by atoms with Crippen LogP contribution in [0.4, 0.5) is 0 Å². The molecule has 1 amide bonds. The Labute approximate surface area is 304 Å². The van der Waals surface area contributed by atoms with Gasteiger partial charge in [-0.3, -0.25) is 14.5 Å². The molecule has 1 saturated heterocycles. The predicted molar refractivity (Wildman–Crippen MR) is 199 cm³/mol. The fraction of sp³-hybridized carbons (Fsp3) is 0.548. The van der Waals surface area contributed by atoms with Crippen LogP contribution in [-0.2, 0) is 29.3 Å². The number of rotatable bonds is 14. The molecule has 3 aliphatic carbocycles. The number of carbonyl (C=O) groups excluding carboxylic acids is 1. The smallest absolute Gasteiger partial charge is 0.240 e. The molecule has 4 fully saturated rings. The van der Waals surface area contributed by atoms with Crippen molar-refractivity contribution in [3.8, 4) is 5.75 Å². The zero-order valence-electron chi connectivity index (χ0n) is 31.2. The van der Waals surface area contributed by atoms with E-state index in [1.165, 1.54) is 12.0 Å². The summed E-state index contributed by atoms with van der Waals surface area (Å²) in [6, 6.07) is 25.8. The second kappa shape index (κ2) is 15.7. The lowest BCUT2D eigenvalue weighted by molar-refractivity contribution is -0.183. The number of nitrogens with one attached hydrogen (secondary N) is 1. The van der Waals surface area contributed by atoms with E-state index in [0.717, 1.165) is 29.7 Å². The van der Waals surface area contributed by atoms with Crippen LogP contribution in [0.2, 0.25) is 0 Å². The molecule has 2 bridgehead atoms. The number of nitrogens with zero attached hydrogens (tertiary/aromatic N) is 3. The number of hydrogen-bond donors (Lipinski definition) is 4. The highest BCUT2D eigenvalue weighted by atomic mass is 16.7. The van der Waals surface area contributed by atoms with Crippen LogP contribution in [0.1, 0.15) is 68.8 Å². The molecule has 9 heteroatoms. The van der Waals surface area contributed by atoms with Gasteiger partial charge in [-0.15, -0.1) is 0 Å². The first-order chi connectivity index (χ1) is 24.3. The molecule has 3 aromatic rings. The van der Waals surface area contributed by atoms with Crippen LogP contribution in [0.5, 0.6) is 5.75 Å². The van der Waals surface area contributed by atoms with Crippen molar-refractivity contribution in [1.82, 2.24) is 20.2 Å². The van der Waals surface area contributed by atoms with Crippen molar-refractivity contribution in [3.63, 3.8) is 0 Å². The van der Waals surface area contributed by atoms with Gasteiger partial charge < -0.3 is 25.5 Å². The zero-order valence-corrected chi connectivity index (χ0v) is 31.2. The first kappa shape index (κ1) is 37.4. The van der Waals surface area contributed by atoms with Crippen molar-refractivity contribution in [2.24, 2.45) is 29.1 Å². The number of hydrogen-bond acceptors (Lipinski definition) is 8. The third kappa shape index (κ3) is 8.19. The molecular formula is C42H58N4O5. The van der Waals surface area contributed by atoms with Crippen molar-refractivity contribution in [2.75, 3.05) is 27.2 Å². The van der Waals surface area contributed by atoms with Crippen LogP contribution in [0.15, 0.2) is 78.9 Å². The largest absolute Gasteiger partial charge is 0.508 e. The summed E-state index contributed by atoms with van der Waals surface area (Å²) in [6.07, 6.45) is 0.662. The Morgan fingerprint density at radius 2 is 1.65 bits per heavy atom. The molecule has 9 atom stereocenters. The molecule has 51 heavy (non-hydrogen) atoms. The Hall–Kier alpha value is -3.31. The lowest BCUT2D eigenvalue weighted by Gasteiger charge is -2.62. The summed E-state index contributed by atoms with van der Waals surface area (Å²) in [5.74, 6) is 1.10. The van der Waals surface area contributed by atoms with Crippen molar-refractivity contribution in [2.45, 2.75) is 90.5 Å².